The van der Waals surface area contributed by atoms with E-state index in [4.69, 9.17) is 0 Å². The molecule has 6 atom stereocenters. The van der Waals surface area contributed by atoms with Gasteiger partial charge in [0.25, 0.3) is 0 Å². The van der Waals surface area contributed by atoms with Crippen molar-refractivity contribution in [1.82, 2.24) is 0 Å². The zero-order valence-electron chi connectivity index (χ0n) is 15.4. The molecular formula is C21H38S. The molecule has 1 fully saturated rings. The quantitative estimate of drug-likeness (QED) is 0.391. The second-order valence-electron chi connectivity index (χ2n) is 7.55. The van der Waals surface area contributed by atoms with Crippen molar-refractivity contribution in [1.29, 1.82) is 0 Å². The van der Waals surface area contributed by atoms with E-state index in [-0.39, 0.29) is 0 Å². The smallest absolute Gasteiger partial charge is 0.0227 e. The van der Waals surface area contributed by atoms with Crippen LogP contribution in [0.15, 0.2) is 25.3 Å². The molecule has 0 heterocycles. The van der Waals surface area contributed by atoms with Gasteiger partial charge in [-0.1, -0.05) is 45.8 Å². The van der Waals surface area contributed by atoms with Gasteiger partial charge in [0.1, 0.15) is 0 Å². The summed E-state index contributed by atoms with van der Waals surface area (Å²) in [4.78, 5) is 0. The minimum atomic E-state index is 0.583. The van der Waals surface area contributed by atoms with Gasteiger partial charge in [-0.2, -0.15) is 11.8 Å². The van der Waals surface area contributed by atoms with Gasteiger partial charge in [0.05, 0.1) is 0 Å². The van der Waals surface area contributed by atoms with Crippen molar-refractivity contribution < 1.29 is 0 Å². The number of rotatable bonds is 10. The predicted molar refractivity (Wildman–Crippen MR) is 104 cm³/mol. The van der Waals surface area contributed by atoms with E-state index in [9.17, 15) is 0 Å². The van der Waals surface area contributed by atoms with Crippen LogP contribution >= 0.6 is 11.8 Å². The van der Waals surface area contributed by atoms with Crippen LogP contribution in [0.25, 0.3) is 0 Å². The summed E-state index contributed by atoms with van der Waals surface area (Å²) in [6, 6.07) is 0. The number of thioether (sulfide) groups is 1. The van der Waals surface area contributed by atoms with Crippen LogP contribution in [0.1, 0.15) is 65.7 Å². The second-order valence-corrected chi connectivity index (χ2v) is 8.63. The third kappa shape index (κ3) is 6.14. The minimum absolute atomic E-state index is 0.583. The first-order chi connectivity index (χ1) is 10.5. The molecule has 0 aromatic carbocycles. The summed E-state index contributed by atoms with van der Waals surface area (Å²) in [6.45, 7) is 15.3. The van der Waals surface area contributed by atoms with Crippen LogP contribution in [0.5, 0.6) is 0 Å². The maximum atomic E-state index is 4.08. The highest BCUT2D eigenvalue weighted by Gasteiger charge is 2.32. The lowest BCUT2D eigenvalue weighted by molar-refractivity contribution is 0.115. The van der Waals surface area contributed by atoms with Crippen molar-refractivity contribution in [2.24, 2.45) is 29.6 Å². The van der Waals surface area contributed by atoms with E-state index in [0.717, 1.165) is 23.7 Å². The maximum Gasteiger partial charge on any atom is 0.0227 e. The Balaban J connectivity index is 2.49. The molecule has 0 aromatic heterocycles. The fourth-order valence-corrected chi connectivity index (χ4v) is 4.98. The Morgan fingerprint density at radius 2 is 1.68 bits per heavy atom. The van der Waals surface area contributed by atoms with Crippen molar-refractivity contribution in [2.75, 3.05) is 6.26 Å². The third-order valence-corrected chi connectivity index (χ3v) is 6.95. The third-order valence-electron chi connectivity index (χ3n) is 5.96. The van der Waals surface area contributed by atoms with Gasteiger partial charge in [0, 0.05) is 5.25 Å². The minimum Gasteiger partial charge on any atom is -0.158 e. The van der Waals surface area contributed by atoms with Crippen molar-refractivity contribution >= 4 is 11.8 Å². The zero-order chi connectivity index (χ0) is 16.5. The first-order valence-corrected chi connectivity index (χ1v) is 10.6. The van der Waals surface area contributed by atoms with E-state index in [1.807, 2.05) is 11.8 Å². The lowest BCUT2D eigenvalue weighted by Crippen LogP contribution is -2.29. The normalized spacial score (nSPS) is 31.5. The second kappa shape index (κ2) is 10.6. The monoisotopic (exact) mass is 322 g/mol. The molecule has 1 aliphatic carbocycles. The molecule has 128 valence electrons. The lowest BCUT2D eigenvalue weighted by atomic mass is 9.66. The summed E-state index contributed by atoms with van der Waals surface area (Å²) in [7, 11) is 0. The van der Waals surface area contributed by atoms with Gasteiger partial charge in [-0.25, -0.2) is 0 Å². The van der Waals surface area contributed by atoms with Crippen molar-refractivity contribution in [3.05, 3.63) is 25.3 Å². The summed E-state index contributed by atoms with van der Waals surface area (Å²) in [6.07, 6.45) is 16.1. The SMILES string of the molecule is C=CC(CCC1CC(CCC)C(C)CC1C)CC(C=C)SC. The summed E-state index contributed by atoms with van der Waals surface area (Å²) in [5.41, 5.74) is 0. The standard InChI is InChI=1S/C21H38S/c1-7-10-19-15-20(17(5)13-16(19)4)12-11-18(8-2)14-21(9-3)22-6/h8-9,16-21H,2-3,7,10-15H2,1,4-6H3. The van der Waals surface area contributed by atoms with Crippen LogP contribution in [0.3, 0.4) is 0 Å². The Hall–Kier alpha value is -0.170. The van der Waals surface area contributed by atoms with Crippen LogP contribution in [0.2, 0.25) is 0 Å². The Morgan fingerprint density at radius 1 is 1.05 bits per heavy atom. The highest BCUT2D eigenvalue weighted by Crippen LogP contribution is 2.42. The molecule has 1 heteroatoms. The van der Waals surface area contributed by atoms with Crippen LogP contribution < -0.4 is 0 Å². The molecule has 0 aromatic rings. The van der Waals surface area contributed by atoms with Crippen LogP contribution in [-0.2, 0) is 0 Å². The van der Waals surface area contributed by atoms with E-state index < -0.39 is 0 Å². The van der Waals surface area contributed by atoms with Crippen LogP contribution in [0.4, 0.5) is 0 Å². The van der Waals surface area contributed by atoms with Gasteiger partial charge >= 0.3 is 0 Å². The Kier molecular flexibility index (Phi) is 9.55. The average molecular weight is 323 g/mol. The Bertz CT molecular complexity index is 322. The highest BCUT2D eigenvalue weighted by atomic mass is 32.2. The molecule has 22 heavy (non-hydrogen) atoms. The number of allylic oxidation sites excluding steroid dienone is 1. The maximum absolute atomic E-state index is 4.08. The van der Waals surface area contributed by atoms with E-state index in [2.05, 4.69) is 52.3 Å². The Labute approximate surface area is 144 Å². The molecule has 0 bridgehead atoms. The molecule has 0 nitrogen and oxygen atoms in total. The molecule has 0 N–H and O–H groups in total. The van der Waals surface area contributed by atoms with E-state index in [1.54, 1.807) is 0 Å². The predicted octanol–water partition coefficient (Wildman–Crippen LogP) is 6.98. The largest absolute Gasteiger partial charge is 0.158 e. The molecule has 0 saturated heterocycles. The van der Waals surface area contributed by atoms with Crippen LogP contribution in [0, 0.1) is 29.6 Å². The summed E-state index contributed by atoms with van der Waals surface area (Å²) in [5, 5.41) is 0.583. The first kappa shape index (κ1) is 19.9. The number of hydrogen-bond donors (Lipinski definition) is 0. The molecule has 0 spiro atoms. The van der Waals surface area contributed by atoms with Crippen molar-refractivity contribution in [3.63, 3.8) is 0 Å². The zero-order valence-corrected chi connectivity index (χ0v) is 16.2. The molecule has 0 aliphatic heterocycles. The molecule has 0 amide bonds. The number of hydrogen-bond acceptors (Lipinski definition) is 1. The first-order valence-electron chi connectivity index (χ1n) is 9.33. The van der Waals surface area contributed by atoms with Crippen LogP contribution in [-0.4, -0.2) is 11.5 Å². The fraction of sp³-hybridized carbons (Fsp3) is 0.810. The molecule has 1 saturated carbocycles. The van der Waals surface area contributed by atoms with Crippen molar-refractivity contribution in [2.45, 2.75) is 71.0 Å². The lowest BCUT2D eigenvalue weighted by Gasteiger charge is -2.39. The van der Waals surface area contributed by atoms with Gasteiger partial charge in [-0.05, 0) is 67.9 Å². The van der Waals surface area contributed by atoms with E-state index in [0.29, 0.717) is 11.2 Å². The van der Waals surface area contributed by atoms with E-state index in [1.165, 1.54) is 44.9 Å². The highest BCUT2D eigenvalue weighted by molar-refractivity contribution is 7.99. The molecular weight excluding hydrogens is 284 g/mol. The van der Waals surface area contributed by atoms with E-state index >= 15 is 0 Å². The Morgan fingerprint density at radius 3 is 2.18 bits per heavy atom. The molecule has 1 rings (SSSR count). The average Bonchev–Trinajstić information content (AvgIpc) is 2.51. The van der Waals surface area contributed by atoms with Gasteiger partial charge in [-0.3, -0.25) is 0 Å². The molecule has 0 radical (unpaired) electrons. The van der Waals surface area contributed by atoms with Gasteiger partial charge in [-0.15, -0.1) is 13.2 Å². The molecule has 1 aliphatic rings. The molecule has 6 unspecified atom stereocenters. The summed E-state index contributed by atoms with van der Waals surface area (Å²) < 4.78 is 0. The summed E-state index contributed by atoms with van der Waals surface area (Å²) >= 11 is 1.92. The van der Waals surface area contributed by atoms with Gasteiger partial charge < -0.3 is 0 Å². The fourth-order valence-electron chi connectivity index (χ4n) is 4.35. The van der Waals surface area contributed by atoms with Gasteiger partial charge in [0.2, 0.25) is 0 Å². The van der Waals surface area contributed by atoms with Crippen molar-refractivity contribution in [3.8, 4) is 0 Å². The summed E-state index contributed by atoms with van der Waals surface area (Å²) in [5.74, 6) is 4.41. The van der Waals surface area contributed by atoms with Gasteiger partial charge in [0.15, 0.2) is 0 Å². The topological polar surface area (TPSA) is 0 Å².